The van der Waals surface area contributed by atoms with Crippen molar-refractivity contribution in [1.82, 2.24) is 0 Å². The summed E-state index contributed by atoms with van der Waals surface area (Å²) in [6, 6.07) is -0.411. The molecule has 1 heterocycles. The molecule has 0 aliphatic carbocycles. The van der Waals surface area contributed by atoms with E-state index >= 15 is 0 Å². The lowest BCUT2D eigenvalue weighted by molar-refractivity contribution is -0.238. The number of ether oxygens (including phenoxy) is 2. The number of aliphatic hydroxyl groups excluding tert-OH is 3. The van der Waals surface area contributed by atoms with Crippen LogP contribution < -0.4 is 5.73 Å². The smallest absolute Gasteiger partial charge is 0.111 e. The van der Waals surface area contributed by atoms with Crippen LogP contribution in [0.5, 0.6) is 0 Å². The maximum Gasteiger partial charge on any atom is 0.111 e. The van der Waals surface area contributed by atoms with Gasteiger partial charge in [-0.2, -0.15) is 0 Å². The minimum Gasteiger partial charge on any atom is -0.388 e. The zero-order chi connectivity index (χ0) is 13.9. The van der Waals surface area contributed by atoms with Crippen LogP contribution in [0.25, 0.3) is 0 Å². The van der Waals surface area contributed by atoms with E-state index in [1.165, 1.54) is 0 Å². The second-order valence-electron chi connectivity index (χ2n) is 5.09. The summed E-state index contributed by atoms with van der Waals surface area (Å²) < 4.78 is 10.8. The van der Waals surface area contributed by atoms with E-state index in [0.29, 0.717) is 6.61 Å². The van der Waals surface area contributed by atoms with Gasteiger partial charge in [-0.15, -0.1) is 0 Å². The van der Waals surface area contributed by atoms with Gasteiger partial charge in [-0.1, -0.05) is 13.8 Å². The summed E-state index contributed by atoms with van der Waals surface area (Å²) in [6.45, 7) is 6.32. The average Bonchev–Trinajstić information content (AvgIpc) is 2.34. The number of hydrogen-bond donors (Lipinski definition) is 4. The molecule has 1 saturated heterocycles. The molecule has 1 fully saturated rings. The molecule has 1 aliphatic rings. The van der Waals surface area contributed by atoms with Crippen molar-refractivity contribution in [2.45, 2.75) is 57.3 Å². The zero-order valence-electron chi connectivity index (χ0n) is 11.2. The average molecular weight is 263 g/mol. The monoisotopic (exact) mass is 263 g/mol. The van der Waals surface area contributed by atoms with Crippen LogP contribution in [-0.4, -0.2) is 65.1 Å². The highest BCUT2D eigenvalue weighted by Crippen LogP contribution is 2.25. The van der Waals surface area contributed by atoms with Gasteiger partial charge in [-0.05, 0) is 12.8 Å². The molecule has 0 bridgehead atoms. The van der Waals surface area contributed by atoms with Crippen LogP contribution in [0, 0.1) is 5.92 Å². The van der Waals surface area contributed by atoms with Crippen molar-refractivity contribution in [2.75, 3.05) is 13.2 Å². The van der Waals surface area contributed by atoms with E-state index in [0.717, 1.165) is 0 Å². The summed E-state index contributed by atoms with van der Waals surface area (Å²) in [4.78, 5) is 0. The quantitative estimate of drug-likeness (QED) is 0.499. The van der Waals surface area contributed by atoms with Crippen LogP contribution >= 0.6 is 0 Å². The number of hydrogen-bond acceptors (Lipinski definition) is 6. The summed E-state index contributed by atoms with van der Waals surface area (Å²) in [5.41, 5.74) is 5.96. The second-order valence-corrected chi connectivity index (χ2v) is 5.09. The van der Waals surface area contributed by atoms with Gasteiger partial charge in [0.05, 0.1) is 6.61 Å². The van der Waals surface area contributed by atoms with Gasteiger partial charge in [0.1, 0.15) is 30.5 Å². The Bertz CT molecular complexity index is 251. The first-order valence-electron chi connectivity index (χ1n) is 6.43. The minimum absolute atomic E-state index is 0.0971. The van der Waals surface area contributed by atoms with Gasteiger partial charge < -0.3 is 30.5 Å². The predicted octanol–water partition coefficient (Wildman–Crippen LogP) is -1.14. The molecule has 5 N–H and O–H groups in total. The first-order chi connectivity index (χ1) is 8.40. The van der Waals surface area contributed by atoms with Crippen molar-refractivity contribution >= 4 is 0 Å². The van der Waals surface area contributed by atoms with Crippen molar-refractivity contribution in [3.8, 4) is 0 Å². The van der Waals surface area contributed by atoms with E-state index in [4.69, 9.17) is 15.2 Å². The fourth-order valence-electron chi connectivity index (χ4n) is 2.05. The minimum atomic E-state index is -1.26. The lowest BCUT2D eigenvalue weighted by Crippen LogP contribution is -2.63. The van der Waals surface area contributed by atoms with E-state index in [2.05, 4.69) is 0 Å². The third-order valence-electron chi connectivity index (χ3n) is 3.38. The fraction of sp³-hybridized carbons (Fsp3) is 1.00. The molecule has 1 rings (SSSR count). The number of nitrogens with two attached hydrogens (primary N) is 1. The third-order valence-corrected chi connectivity index (χ3v) is 3.38. The summed E-state index contributed by atoms with van der Waals surface area (Å²) in [7, 11) is 0. The van der Waals surface area contributed by atoms with E-state index in [1.807, 2.05) is 20.8 Å². The third kappa shape index (κ3) is 3.40. The van der Waals surface area contributed by atoms with Crippen molar-refractivity contribution < 1.29 is 24.8 Å². The largest absolute Gasteiger partial charge is 0.388 e. The Kier molecular flexibility index (Phi) is 5.97. The normalized spacial score (nSPS) is 39.0. The highest BCUT2D eigenvalue weighted by molar-refractivity contribution is 4.96. The summed E-state index contributed by atoms with van der Waals surface area (Å²) in [5.74, 6) is 0.0971. The van der Waals surface area contributed by atoms with Gasteiger partial charge in [0, 0.05) is 12.6 Å². The summed E-state index contributed by atoms with van der Waals surface area (Å²) in [5, 5.41) is 29.6. The highest BCUT2D eigenvalue weighted by atomic mass is 16.6. The Hall–Kier alpha value is -0.240. The first kappa shape index (κ1) is 15.8. The zero-order valence-corrected chi connectivity index (χ0v) is 11.2. The maximum atomic E-state index is 9.91. The molecule has 0 aromatic heterocycles. The van der Waals surface area contributed by atoms with Gasteiger partial charge in [-0.25, -0.2) is 0 Å². The SMILES string of the molecule is CCOCC1OC(C(N)C(C)C)C(O)C(O)C1O. The molecule has 6 nitrogen and oxygen atoms in total. The van der Waals surface area contributed by atoms with E-state index < -0.39 is 36.6 Å². The molecule has 0 aromatic rings. The number of rotatable bonds is 5. The lowest BCUT2D eigenvalue weighted by Gasteiger charge is -2.43. The van der Waals surface area contributed by atoms with Crippen LogP contribution in [0.3, 0.4) is 0 Å². The van der Waals surface area contributed by atoms with Crippen molar-refractivity contribution in [3.63, 3.8) is 0 Å². The molecular weight excluding hydrogens is 238 g/mol. The predicted molar refractivity (Wildman–Crippen MR) is 66.0 cm³/mol. The van der Waals surface area contributed by atoms with E-state index in [9.17, 15) is 15.3 Å². The van der Waals surface area contributed by atoms with E-state index in [1.54, 1.807) is 0 Å². The Morgan fingerprint density at radius 2 is 1.78 bits per heavy atom. The molecule has 108 valence electrons. The molecule has 0 aromatic carbocycles. The Morgan fingerprint density at radius 3 is 2.28 bits per heavy atom. The molecule has 1 aliphatic heterocycles. The summed E-state index contributed by atoms with van der Waals surface area (Å²) in [6.07, 6.45) is -4.98. The molecule has 0 amide bonds. The molecular formula is C12H25NO5. The van der Waals surface area contributed by atoms with Gasteiger partial charge >= 0.3 is 0 Å². The van der Waals surface area contributed by atoms with Crippen molar-refractivity contribution in [3.05, 3.63) is 0 Å². The van der Waals surface area contributed by atoms with Gasteiger partial charge in [-0.3, -0.25) is 0 Å². The van der Waals surface area contributed by atoms with Crippen LogP contribution in [0.2, 0.25) is 0 Å². The van der Waals surface area contributed by atoms with Crippen molar-refractivity contribution in [1.29, 1.82) is 0 Å². The van der Waals surface area contributed by atoms with Crippen LogP contribution in [0.15, 0.2) is 0 Å². The Balaban J connectivity index is 2.73. The fourth-order valence-corrected chi connectivity index (χ4v) is 2.05. The molecule has 0 spiro atoms. The molecule has 0 saturated carbocycles. The van der Waals surface area contributed by atoms with Gasteiger partial charge in [0.2, 0.25) is 0 Å². The molecule has 18 heavy (non-hydrogen) atoms. The Labute approximate surface area is 108 Å². The van der Waals surface area contributed by atoms with Crippen LogP contribution in [0.1, 0.15) is 20.8 Å². The topological polar surface area (TPSA) is 105 Å². The molecule has 6 unspecified atom stereocenters. The summed E-state index contributed by atoms with van der Waals surface area (Å²) >= 11 is 0. The first-order valence-corrected chi connectivity index (χ1v) is 6.43. The number of aliphatic hydroxyl groups is 3. The van der Waals surface area contributed by atoms with Crippen molar-refractivity contribution in [2.24, 2.45) is 11.7 Å². The highest BCUT2D eigenvalue weighted by Gasteiger charge is 2.46. The second kappa shape index (κ2) is 6.79. The molecule has 0 radical (unpaired) electrons. The maximum absolute atomic E-state index is 9.91. The van der Waals surface area contributed by atoms with Gasteiger partial charge in [0.15, 0.2) is 0 Å². The molecule has 6 atom stereocenters. The van der Waals surface area contributed by atoms with Crippen LogP contribution in [0.4, 0.5) is 0 Å². The van der Waals surface area contributed by atoms with E-state index in [-0.39, 0.29) is 12.5 Å². The lowest BCUT2D eigenvalue weighted by atomic mass is 9.87. The molecule has 6 heteroatoms. The van der Waals surface area contributed by atoms with Crippen LogP contribution in [-0.2, 0) is 9.47 Å². The Morgan fingerprint density at radius 1 is 1.17 bits per heavy atom. The standard InChI is InChI=1S/C12H25NO5/c1-4-17-5-7-9(14)10(15)11(16)12(18-7)8(13)6(2)3/h6-12,14-16H,4-5,13H2,1-3H3. The van der Waals surface area contributed by atoms with Gasteiger partial charge in [0.25, 0.3) is 0 Å².